The second-order valence-electron chi connectivity index (χ2n) is 3.06. The van der Waals surface area contributed by atoms with Crippen LogP contribution in [-0.4, -0.2) is 21.1 Å². The maximum absolute atomic E-state index is 11.5. The van der Waals surface area contributed by atoms with Crippen LogP contribution in [-0.2, 0) is 6.54 Å². The summed E-state index contributed by atoms with van der Waals surface area (Å²) in [6.45, 7) is 0.260. The van der Waals surface area contributed by atoms with E-state index in [4.69, 9.17) is 5.73 Å². The van der Waals surface area contributed by atoms with Gasteiger partial charge in [0.25, 0.3) is 5.91 Å². The van der Waals surface area contributed by atoms with Crippen LogP contribution in [0.4, 0.5) is 5.82 Å². The zero-order valence-electron chi connectivity index (χ0n) is 8.11. The van der Waals surface area contributed by atoms with Crippen LogP contribution >= 0.6 is 11.3 Å². The predicted molar refractivity (Wildman–Crippen MR) is 59.1 cm³/mol. The summed E-state index contributed by atoms with van der Waals surface area (Å²) in [5.74, 6) is -0.0645. The topological polar surface area (TPSA) is 117 Å². The monoisotopic (exact) mass is 239 g/mol. The molecule has 2 aromatic heterocycles. The van der Waals surface area contributed by atoms with Crippen molar-refractivity contribution in [2.24, 2.45) is 0 Å². The lowest BCUT2D eigenvalue weighted by Crippen LogP contribution is -2.23. The molecule has 0 bridgehead atoms. The van der Waals surface area contributed by atoms with Crippen molar-refractivity contribution in [3.05, 3.63) is 32.5 Å². The second-order valence-corrected chi connectivity index (χ2v) is 3.90. The summed E-state index contributed by atoms with van der Waals surface area (Å²) >= 11 is 1.05. The zero-order valence-corrected chi connectivity index (χ0v) is 8.93. The summed E-state index contributed by atoms with van der Waals surface area (Å²) < 4.78 is 0. The van der Waals surface area contributed by atoms with Gasteiger partial charge in [0, 0.05) is 17.1 Å². The van der Waals surface area contributed by atoms with E-state index in [9.17, 15) is 9.59 Å². The van der Waals surface area contributed by atoms with E-state index < -0.39 is 0 Å². The quantitative estimate of drug-likeness (QED) is 0.586. The smallest absolute Gasteiger partial charge is 0.304 e. The maximum Gasteiger partial charge on any atom is 0.304 e. The Morgan fingerprint density at radius 2 is 2.44 bits per heavy atom. The number of aromatic amines is 2. The van der Waals surface area contributed by atoms with Crippen molar-refractivity contribution in [3.63, 3.8) is 0 Å². The normalized spacial score (nSPS) is 10.2. The highest BCUT2D eigenvalue weighted by Gasteiger charge is 2.08. The summed E-state index contributed by atoms with van der Waals surface area (Å²) in [6, 6.07) is 1.44. The molecule has 0 aromatic carbocycles. The summed E-state index contributed by atoms with van der Waals surface area (Å²) in [4.78, 5) is 24.8. The highest BCUT2D eigenvalue weighted by atomic mass is 32.1. The maximum atomic E-state index is 11.5. The van der Waals surface area contributed by atoms with Crippen LogP contribution in [0.2, 0.25) is 0 Å². The van der Waals surface area contributed by atoms with Gasteiger partial charge in [0.15, 0.2) is 0 Å². The van der Waals surface area contributed by atoms with E-state index in [1.165, 1.54) is 6.07 Å². The Labute approximate surface area is 93.7 Å². The van der Waals surface area contributed by atoms with Crippen LogP contribution in [0.5, 0.6) is 0 Å². The standard InChI is InChI=1S/C8H9N5O2S/c9-6-1-5(12-13-6)7(14)10-2-4-3-16-8(15)11-4/h1,3H,2H2,(H,10,14)(H,11,15)(H3,9,12,13). The second kappa shape index (κ2) is 4.19. The Morgan fingerprint density at radius 1 is 1.62 bits per heavy atom. The third-order valence-electron chi connectivity index (χ3n) is 1.85. The number of aromatic nitrogens is 3. The molecule has 0 spiro atoms. The van der Waals surface area contributed by atoms with Crippen molar-refractivity contribution in [2.75, 3.05) is 5.73 Å². The number of anilines is 1. The van der Waals surface area contributed by atoms with Gasteiger partial charge in [-0.25, -0.2) is 0 Å². The first-order valence-corrected chi connectivity index (χ1v) is 5.29. The van der Waals surface area contributed by atoms with Crippen molar-refractivity contribution >= 4 is 23.1 Å². The van der Waals surface area contributed by atoms with E-state index in [1.54, 1.807) is 5.38 Å². The van der Waals surface area contributed by atoms with E-state index in [2.05, 4.69) is 20.5 Å². The van der Waals surface area contributed by atoms with Crippen molar-refractivity contribution in [2.45, 2.75) is 6.54 Å². The molecule has 8 heteroatoms. The van der Waals surface area contributed by atoms with Crippen LogP contribution < -0.4 is 15.9 Å². The molecular weight excluding hydrogens is 230 g/mol. The predicted octanol–water partition coefficient (Wildman–Crippen LogP) is -0.328. The molecule has 0 saturated heterocycles. The van der Waals surface area contributed by atoms with Crippen molar-refractivity contribution < 1.29 is 4.79 Å². The third kappa shape index (κ3) is 2.28. The lowest BCUT2D eigenvalue weighted by atomic mass is 10.4. The van der Waals surface area contributed by atoms with Crippen LogP contribution in [0.15, 0.2) is 16.2 Å². The van der Waals surface area contributed by atoms with Gasteiger partial charge in [-0.2, -0.15) is 5.10 Å². The highest BCUT2D eigenvalue weighted by Crippen LogP contribution is 2.01. The van der Waals surface area contributed by atoms with E-state index in [-0.39, 0.29) is 28.8 Å². The molecule has 0 aliphatic heterocycles. The number of H-pyrrole nitrogens is 2. The van der Waals surface area contributed by atoms with Gasteiger partial charge in [-0.05, 0) is 0 Å². The van der Waals surface area contributed by atoms with Crippen LogP contribution in [0, 0.1) is 0 Å². The molecule has 84 valence electrons. The number of amides is 1. The Balaban J connectivity index is 1.96. The lowest BCUT2D eigenvalue weighted by Gasteiger charge is -2.00. The number of hydrogen-bond donors (Lipinski definition) is 4. The summed E-state index contributed by atoms with van der Waals surface area (Å²) in [6.07, 6.45) is 0. The molecular formula is C8H9N5O2S. The number of nitrogens with two attached hydrogens (primary N) is 1. The Kier molecular flexibility index (Phi) is 2.73. The van der Waals surface area contributed by atoms with Gasteiger partial charge in [0.2, 0.25) is 0 Å². The molecule has 2 heterocycles. The molecule has 2 aromatic rings. The number of nitrogens with one attached hydrogen (secondary N) is 3. The van der Waals surface area contributed by atoms with E-state index >= 15 is 0 Å². The van der Waals surface area contributed by atoms with E-state index in [0.29, 0.717) is 5.69 Å². The van der Waals surface area contributed by atoms with Crippen LogP contribution in [0.3, 0.4) is 0 Å². The summed E-state index contributed by atoms with van der Waals surface area (Å²) in [5.41, 5.74) is 6.31. The molecule has 2 rings (SSSR count). The van der Waals surface area contributed by atoms with Crippen LogP contribution in [0.1, 0.15) is 16.2 Å². The van der Waals surface area contributed by atoms with Gasteiger partial charge in [-0.3, -0.25) is 14.7 Å². The number of rotatable bonds is 3. The molecule has 16 heavy (non-hydrogen) atoms. The fourth-order valence-corrected chi connectivity index (χ4v) is 1.71. The molecule has 0 aliphatic carbocycles. The fourth-order valence-electron chi connectivity index (χ4n) is 1.12. The van der Waals surface area contributed by atoms with Crippen molar-refractivity contribution in [3.8, 4) is 0 Å². The molecule has 0 radical (unpaired) electrons. The minimum Gasteiger partial charge on any atom is -0.382 e. The van der Waals surface area contributed by atoms with Gasteiger partial charge < -0.3 is 16.0 Å². The van der Waals surface area contributed by atoms with Crippen LogP contribution in [0.25, 0.3) is 0 Å². The largest absolute Gasteiger partial charge is 0.382 e. The molecule has 0 saturated carbocycles. The van der Waals surface area contributed by atoms with Gasteiger partial charge in [-0.1, -0.05) is 11.3 Å². The average molecular weight is 239 g/mol. The molecule has 5 N–H and O–H groups in total. The number of carbonyl (C=O) groups is 1. The van der Waals surface area contributed by atoms with Gasteiger partial charge in [0.05, 0.1) is 6.54 Å². The fraction of sp³-hybridized carbons (Fsp3) is 0.125. The minimum absolute atomic E-state index is 0.143. The Morgan fingerprint density at radius 3 is 3.00 bits per heavy atom. The first-order chi connectivity index (χ1) is 7.65. The summed E-state index contributed by atoms with van der Waals surface area (Å²) in [7, 11) is 0. The number of nitrogens with zero attached hydrogens (tertiary/aromatic N) is 1. The Hall–Kier alpha value is -2.09. The first kappa shape index (κ1) is 10.4. The lowest BCUT2D eigenvalue weighted by molar-refractivity contribution is 0.0945. The molecule has 0 fully saturated rings. The number of thiazole rings is 1. The molecule has 7 nitrogen and oxygen atoms in total. The SMILES string of the molecule is Nc1cc(C(=O)NCc2csc(=O)[nH]2)[nH]n1. The summed E-state index contributed by atoms with van der Waals surface area (Å²) in [5, 5.41) is 10.4. The molecule has 0 aliphatic rings. The van der Waals surface area contributed by atoms with E-state index in [1.807, 2.05) is 0 Å². The van der Waals surface area contributed by atoms with Gasteiger partial charge in [-0.15, -0.1) is 0 Å². The molecule has 1 amide bonds. The first-order valence-electron chi connectivity index (χ1n) is 4.41. The third-order valence-corrected chi connectivity index (χ3v) is 2.57. The van der Waals surface area contributed by atoms with Crippen molar-refractivity contribution in [1.29, 1.82) is 0 Å². The molecule has 0 atom stereocenters. The van der Waals surface area contributed by atoms with E-state index in [0.717, 1.165) is 11.3 Å². The zero-order chi connectivity index (χ0) is 11.5. The number of carbonyl (C=O) groups excluding carboxylic acids is 1. The Bertz CT molecular complexity index is 555. The number of nitrogen functional groups attached to an aromatic ring is 1. The highest BCUT2D eigenvalue weighted by molar-refractivity contribution is 7.07. The number of hydrogen-bond acceptors (Lipinski definition) is 5. The average Bonchev–Trinajstić information content (AvgIpc) is 2.84. The van der Waals surface area contributed by atoms with Crippen molar-refractivity contribution in [1.82, 2.24) is 20.5 Å². The minimum atomic E-state index is -0.323. The molecule has 0 unspecified atom stereocenters. The van der Waals surface area contributed by atoms with Gasteiger partial charge >= 0.3 is 4.87 Å². The van der Waals surface area contributed by atoms with Gasteiger partial charge in [0.1, 0.15) is 11.5 Å².